The first-order valence-corrected chi connectivity index (χ1v) is 6.89. The second kappa shape index (κ2) is 5.89. The number of hydrogen-bond acceptors (Lipinski definition) is 4. The molecule has 106 valence electrons. The lowest BCUT2D eigenvalue weighted by Crippen LogP contribution is -2.06. The molecule has 0 atom stereocenters. The third-order valence-corrected chi connectivity index (χ3v) is 3.31. The van der Waals surface area contributed by atoms with Crippen LogP contribution in [0.25, 0.3) is 10.8 Å². The van der Waals surface area contributed by atoms with Crippen molar-refractivity contribution in [3.63, 3.8) is 0 Å². The SMILES string of the molecule is CNCc1cnc(Oc2ccc(C)nc2)c2ccccc12. The Labute approximate surface area is 123 Å². The molecule has 2 heterocycles. The number of aryl methyl sites for hydroxylation is 1. The summed E-state index contributed by atoms with van der Waals surface area (Å²) in [5, 5.41) is 5.32. The number of benzene rings is 1. The van der Waals surface area contributed by atoms with Gasteiger partial charge in [0.1, 0.15) is 5.75 Å². The second-order valence-corrected chi connectivity index (χ2v) is 4.90. The minimum atomic E-state index is 0.608. The number of rotatable bonds is 4. The van der Waals surface area contributed by atoms with Crippen LogP contribution in [-0.2, 0) is 6.54 Å². The number of nitrogens with zero attached hydrogens (tertiary/aromatic N) is 2. The lowest BCUT2D eigenvalue weighted by atomic mass is 10.1. The molecule has 3 rings (SSSR count). The van der Waals surface area contributed by atoms with E-state index in [4.69, 9.17) is 4.74 Å². The van der Waals surface area contributed by atoms with Crippen molar-refractivity contribution in [2.75, 3.05) is 7.05 Å². The van der Waals surface area contributed by atoms with E-state index in [0.717, 1.165) is 28.6 Å². The predicted octanol–water partition coefficient (Wildman–Crippen LogP) is 3.45. The summed E-state index contributed by atoms with van der Waals surface area (Å²) in [6, 6.07) is 12.0. The smallest absolute Gasteiger partial charge is 0.227 e. The Morgan fingerprint density at radius 3 is 2.52 bits per heavy atom. The standard InChI is InChI=1S/C17H17N3O/c1-12-7-8-14(11-19-12)21-17-16-6-4-3-5-15(16)13(9-18-2)10-20-17/h3-8,10-11,18H,9H2,1-2H3. The van der Waals surface area contributed by atoms with Crippen LogP contribution in [0.3, 0.4) is 0 Å². The highest BCUT2D eigenvalue weighted by Gasteiger charge is 2.08. The molecule has 0 fully saturated rings. The highest BCUT2D eigenvalue weighted by atomic mass is 16.5. The van der Waals surface area contributed by atoms with E-state index in [1.807, 2.05) is 50.5 Å². The molecule has 4 nitrogen and oxygen atoms in total. The maximum Gasteiger partial charge on any atom is 0.227 e. The highest BCUT2D eigenvalue weighted by molar-refractivity contribution is 5.89. The molecule has 3 aromatic rings. The van der Waals surface area contributed by atoms with Gasteiger partial charge in [-0.15, -0.1) is 0 Å². The minimum absolute atomic E-state index is 0.608. The average Bonchev–Trinajstić information content (AvgIpc) is 2.52. The summed E-state index contributed by atoms with van der Waals surface area (Å²) in [5.74, 6) is 1.30. The first kappa shape index (κ1) is 13.5. The Kier molecular flexibility index (Phi) is 3.79. The zero-order valence-electron chi connectivity index (χ0n) is 12.1. The first-order chi connectivity index (χ1) is 10.3. The van der Waals surface area contributed by atoms with Crippen molar-refractivity contribution in [2.24, 2.45) is 0 Å². The summed E-state index contributed by atoms with van der Waals surface area (Å²) in [7, 11) is 1.93. The van der Waals surface area contributed by atoms with Gasteiger partial charge >= 0.3 is 0 Å². The molecular formula is C17H17N3O. The number of aromatic nitrogens is 2. The highest BCUT2D eigenvalue weighted by Crippen LogP contribution is 2.29. The number of pyridine rings is 2. The zero-order valence-corrected chi connectivity index (χ0v) is 12.1. The van der Waals surface area contributed by atoms with E-state index in [-0.39, 0.29) is 0 Å². The summed E-state index contributed by atoms with van der Waals surface area (Å²) in [5.41, 5.74) is 2.12. The van der Waals surface area contributed by atoms with Gasteiger partial charge in [0, 0.05) is 23.8 Å². The monoisotopic (exact) mass is 279 g/mol. The molecule has 0 unspecified atom stereocenters. The molecule has 0 amide bonds. The van der Waals surface area contributed by atoms with Crippen LogP contribution >= 0.6 is 0 Å². The van der Waals surface area contributed by atoms with E-state index in [0.29, 0.717) is 11.6 Å². The quantitative estimate of drug-likeness (QED) is 0.794. The fourth-order valence-corrected chi connectivity index (χ4v) is 2.26. The molecule has 1 aromatic carbocycles. The Bertz CT molecular complexity index is 754. The molecule has 0 radical (unpaired) electrons. The molecule has 21 heavy (non-hydrogen) atoms. The molecular weight excluding hydrogens is 262 g/mol. The fraction of sp³-hybridized carbons (Fsp3) is 0.176. The van der Waals surface area contributed by atoms with E-state index < -0.39 is 0 Å². The van der Waals surface area contributed by atoms with E-state index in [1.165, 1.54) is 0 Å². The zero-order chi connectivity index (χ0) is 14.7. The third-order valence-electron chi connectivity index (χ3n) is 3.31. The Morgan fingerprint density at radius 1 is 1.00 bits per heavy atom. The summed E-state index contributed by atoms with van der Waals surface area (Å²) in [6.07, 6.45) is 3.57. The normalized spacial score (nSPS) is 10.8. The van der Waals surface area contributed by atoms with Crippen molar-refractivity contribution >= 4 is 10.8 Å². The topological polar surface area (TPSA) is 47.0 Å². The van der Waals surface area contributed by atoms with Crippen LogP contribution in [0.2, 0.25) is 0 Å². The van der Waals surface area contributed by atoms with Crippen LogP contribution in [0.15, 0.2) is 48.8 Å². The Morgan fingerprint density at radius 2 is 1.81 bits per heavy atom. The number of fused-ring (bicyclic) bond motifs is 1. The van der Waals surface area contributed by atoms with Crippen LogP contribution in [0.4, 0.5) is 0 Å². The van der Waals surface area contributed by atoms with E-state index in [9.17, 15) is 0 Å². The van der Waals surface area contributed by atoms with Gasteiger partial charge in [0.25, 0.3) is 0 Å². The summed E-state index contributed by atoms with van der Waals surface area (Å²) in [4.78, 5) is 8.69. The van der Waals surface area contributed by atoms with Gasteiger partial charge in [-0.1, -0.05) is 18.2 Å². The molecule has 0 bridgehead atoms. The van der Waals surface area contributed by atoms with Crippen LogP contribution in [0.1, 0.15) is 11.3 Å². The van der Waals surface area contributed by atoms with Gasteiger partial charge < -0.3 is 10.1 Å². The number of ether oxygens (including phenoxy) is 1. The summed E-state index contributed by atoms with van der Waals surface area (Å²) in [6.45, 7) is 2.73. The van der Waals surface area contributed by atoms with Gasteiger partial charge in [-0.05, 0) is 43.1 Å². The molecule has 0 aliphatic heterocycles. The van der Waals surface area contributed by atoms with Crippen molar-refractivity contribution in [2.45, 2.75) is 13.5 Å². The maximum atomic E-state index is 5.89. The fourth-order valence-electron chi connectivity index (χ4n) is 2.26. The third kappa shape index (κ3) is 2.85. The van der Waals surface area contributed by atoms with E-state index in [1.54, 1.807) is 6.20 Å². The molecule has 0 aliphatic rings. The largest absolute Gasteiger partial charge is 0.437 e. The number of nitrogens with one attached hydrogen (secondary N) is 1. The Hall–Kier alpha value is -2.46. The van der Waals surface area contributed by atoms with Gasteiger partial charge in [0.2, 0.25) is 5.88 Å². The van der Waals surface area contributed by atoms with Gasteiger partial charge in [-0.3, -0.25) is 4.98 Å². The van der Waals surface area contributed by atoms with Crippen molar-refractivity contribution in [3.8, 4) is 11.6 Å². The summed E-state index contributed by atoms with van der Waals surface area (Å²) >= 11 is 0. The lowest BCUT2D eigenvalue weighted by molar-refractivity contribution is 0.466. The molecule has 4 heteroatoms. The van der Waals surface area contributed by atoms with Crippen molar-refractivity contribution in [1.29, 1.82) is 0 Å². The van der Waals surface area contributed by atoms with E-state index in [2.05, 4.69) is 21.4 Å². The average molecular weight is 279 g/mol. The van der Waals surface area contributed by atoms with Crippen molar-refractivity contribution in [3.05, 3.63) is 60.0 Å². The van der Waals surface area contributed by atoms with Crippen molar-refractivity contribution < 1.29 is 4.74 Å². The van der Waals surface area contributed by atoms with Gasteiger partial charge in [0.15, 0.2) is 0 Å². The first-order valence-electron chi connectivity index (χ1n) is 6.89. The molecule has 0 aliphatic carbocycles. The van der Waals surface area contributed by atoms with E-state index >= 15 is 0 Å². The van der Waals surface area contributed by atoms with Crippen molar-refractivity contribution in [1.82, 2.24) is 15.3 Å². The molecule has 0 spiro atoms. The van der Waals surface area contributed by atoms with Gasteiger partial charge in [-0.2, -0.15) is 0 Å². The minimum Gasteiger partial charge on any atom is -0.437 e. The predicted molar refractivity (Wildman–Crippen MR) is 83.6 cm³/mol. The van der Waals surface area contributed by atoms with Crippen LogP contribution in [0, 0.1) is 6.92 Å². The maximum absolute atomic E-state index is 5.89. The van der Waals surface area contributed by atoms with Crippen LogP contribution in [-0.4, -0.2) is 17.0 Å². The second-order valence-electron chi connectivity index (χ2n) is 4.90. The lowest BCUT2D eigenvalue weighted by Gasteiger charge is -2.11. The van der Waals surface area contributed by atoms with Crippen LogP contribution < -0.4 is 10.1 Å². The molecule has 2 aromatic heterocycles. The molecule has 1 N–H and O–H groups in total. The molecule has 0 saturated carbocycles. The van der Waals surface area contributed by atoms with Gasteiger partial charge in [-0.25, -0.2) is 4.98 Å². The Balaban J connectivity index is 2.03. The van der Waals surface area contributed by atoms with Crippen LogP contribution in [0.5, 0.6) is 11.6 Å². The number of hydrogen-bond donors (Lipinski definition) is 1. The summed E-state index contributed by atoms with van der Waals surface area (Å²) < 4.78 is 5.89. The van der Waals surface area contributed by atoms with Gasteiger partial charge in [0.05, 0.1) is 6.20 Å². The molecule has 0 saturated heterocycles.